The number of nitrogens with one attached hydrogen (secondary N) is 1. The summed E-state index contributed by atoms with van der Waals surface area (Å²) in [6.45, 7) is 1.71. The lowest BCUT2D eigenvalue weighted by atomic mass is 10.1. The monoisotopic (exact) mass is 407 g/mol. The molecule has 0 radical (unpaired) electrons. The van der Waals surface area contributed by atoms with Gasteiger partial charge in [-0.1, -0.05) is 23.7 Å². The number of amides is 1. The zero-order valence-corrected chi connectivity index (χ0v) is 15.9. The third-order valence-electron chi connectivity index (χ3n) is 4.16. The maximum Gasteiger partial charge on any atom is 0.343 e. The van der Waals surface area contributed by atoms with Crippen LogP contribution < -0.4 is 4.74 Å². The Morgan fingerprint density at radius 3 is 2.55 bits per heavy atom. The van der Waals surface area contributed by atoms with Crippen LogP contribution >= 0.6 is 11.6 Å². The SMILES string of the molecule is CC1=CC2=NC(=O)/C(=C\c3ccc(OC(=O)c4ccc(Cl)cc4)cc3)C(=N)N2O1. The van der Waals surface area contributed by atoms with Crippen molar-refractivity contribution in [1.82, 2.24) is 5.06 Å². The average Bonchev–Trinajstić information content (AvgIpc) is 3.07. The first-order valence-electron chi connectivity index (χ1n) is 8.58. The Hall–Kier alpha value is -3.71. The van der Waals surface area contributed by atoms with Gasteiger partial charge in [0.2, 0.25) is 0 Å². The largest absolute Gasteiger partial charge is 0.423 e. The molecular formula is C21H14ClN3O4. The molecule has 0 saturated heterocycles. The second-order valence-electron chi connectivity index (χ2n) is 6.29. The highest BCUT2D eigenvalue weighted by Gasteiger charge is 2.34. The van der Waals surface area contributed by atoms with Gasteiger partial charge >= 0.3 is 5.97 Å². The predicted molar refractivity (Wildman–Crippen MR) is 108 cm³/mol. The van der Waals surface area contributed by atoms with Crippen LogP contribution in [0.4, 0.5) is 0 Å². The number of aliphatic imine (C=N–C) groups is 1. The number of nitrogens with zero attached hydrogens (tertiary/aromatic N) is 2. The highest BCUT2D eigenvalue weighted by molar-refractivity contribution is 6.32. The molecule has 4 rings (SSSR count). The molecule has 0 spiro atoms. The number of hydrogen-bond donors (Lipinski definition) is 1. The number of allylic oxidation sites excluding steroid dienone is 1. The van der Waals surface area contributed by atoms with E-state index in [2.05, 4.69) is 4.99 Å². The molecule has 2 heterocycles. The molecule has 1 amide bonds. The number of esters is 1. The van der Waals surface area contributed by atoms with Crippen molar-refractivity contribution in [2.45, 2.75) is 6.92 Å². The van der Waals surface area contributed by atoms with Crippen molar-refractivity contribution in [3.63, 3.8) is 0 Å². The first kappa shape index (κ1) is 18.6. The van der Waals surface area contributed by atoms with Crippen LogP contribution in [0.25, 0.3) is 6.08 Å². The van der Waals surface area contributed by atoms with Crippen molar-refractivity contribution in [3.05, 3.63) is 82.1 Å². The van der Waals surface area contributed by atoms with Crippen LogP contribution in [0, 0.1) is 5.41 Å². The fourth-order valence-electron chi connectivity index (χ4n) is 2.75. The molecule has 2 aromatic carbocycles. The number of fused-ring (bicyclic) bond motifs is 1. The standard InChI is InChI=1S/C21H14ClN3O4/c1-12-10-18-24-20(26)17(19(23)25(18)29-12)11-13-2-8-16(9-3-13)28-21(27)14-4-6-15(22)7-5-14/h2-11,23H,1H3/b17-11-,23-19?. The van der Waals surface area contributed by atoms with E-state index < -0.39 is 11.9 Å². The average molecular weight is 408 g/mol. The highest BCUT2D eigenvalue weighted by Crippen LogP contribution is 2.24. The van der Waals surface area contributed by atoms with E-state index in [1.165, 1.54) is 11.1 Å². The van der Waals surface area contributed by atoms with Crippen LogP contribution in [0.1, 0.15) is 22.8 Å². The van der Waals surface area contributed by atoms with Crippen molar-refractivity contribution < 1.29 is 19.2 Å². The van der Waals surface area contributed by atoms with Crippen molar-refractivity contribution in [2.75, 3.05) is 0 Å². The van der Waals surface area contributed by atoms with Gasteiger partial charge in [0, 0.05) is 11.1 Å². The van der Waals surface area contributed by atoms with E-state index in [-0.39, 0.29) is 11.4 Å². The van der Waals surface area contributed by atoms with Gasteiger partial charge < -0.3 is 9.57 Å². The molecule has 2 aliphatic rings. The number of benzene rings is 2. The van der Waals surface area contributed by atoms with Crippen molar-refractivity contribution in [2.24, 2.45) is 4.99 Å². The minimum absolute atomic E-state index is 0.0913. The van der Waals surface area contributed by atoms with Crippen LogP contribution in [-0.4, -0.2) is 28.6 Å². The van der Waals surface area contributed by atoms with E-state index in [1.54, 1.807) is 61.5 Å². The number of amidine groups is 2. The Labute approximate surface area is 171 Å². The summed E-state index contributed by atoms with van der Waals surface area (Å²) in [7, 11) is 0. The molecule has 0 bridgehead atoms. The fourth-order valence-corrected chi connectivity index (χ4v) is 2.88. The summed E-state index contributed by atoms with van der Waals surface area (Å²) in [5, 5.41) is 9.94. The quantitative estimate of drug-likeness (QED) is 0.471. The lowest BCUT2D eigenvalue weighted by molar-refractivity contribution is -0.114. The maximum absolute atomic E-state index is 12.3. The molecule has 2 aliphatic heterocycles. The maximum atomic E-state index is 12.3. The number of halogens is 1. The van der Waals surface area contributed by atoms with Crippen LogP contribution in [0.5, 0.6) is 5.75 Å². The topological polar surface area (TPSA) is 92.0 Å². The lowest BCUT2D eigenvalue weighted by Gasteiger charge is -2.22. The van der Waals surface area contributed by atoms with E-state index in [4.69, 9.17) is 26.6 Å². The van der Waals surface area contributed by atoms with Gasteiger partial charge in [-0.25, -0.2) is 4.79 Å². The number of rotatable bonds is 3. The summed E-state index contributed by atoms with van der Waals surface area (Å²) >= 11 is 5.81. The van der Waals surface area contributed by atoms with E-state index in [0.29, 0.717) is 33.5 Å². The molecule has 8 heteroatoms. The molecular weight excluding hydrogens is 394 g/mol. The molecule has 0 saturated carbocycles. The second kappa shape index (κ2) is 7.37. The number of hydrogen-bond acceptors (Lipinski definition) is 5. The number of hydroxylamine groups is 2. The molecule has 0 aliphatic carbocycles. The van der Waals surface area contributed by atoms with Gasteiger partial charge in [-0.05, 0) is 55.0 Å². The second-order valence-corrected chi connectivity index (χ2v) is 6.72. The first-order valence-corrected chi connectivity index (χ1v) is 8.96. The lowest BCUT2D eigenvalue weighted by Crippen LogP contribution is -2.38. The van der Waals surface area contributed by atoms with Crippen LogP contribution in [0.3, 0.4) is 0 Å². The van der Waals surface area contributed by atoms with Crippen LogP contribution in [0.2, 0.25) is 5.02 Å². The van der Waals surface area contributed by atoms with Crippen molar-refractivity contribution in [1.29, 1.82) is 5.41 Å². The normalized spacial score (nSPS) is 16.9. The fraction of sp³-hybridized carbons (Fsp3) is 0.0476. The highest BCUT2D eigenvalue weighted by atomic mass is 35.5. The minimum atomic E-state index is -0.519. The predicted octanol–water partition coefficient (Wildman–Crippen LogP) is 4.01. The molecule has 29 heavy (non-hydrogen) atoms. The third kappa shape index (κ3) is 3.81. The Morgan fingerprint density at radius 2 is 1.86 bits per heavy atom. The zero-order valence-electron chi connectivity index (χ0n) is 15.2. The molecule has 7 nitrogen and oxygen atoms in total. The van der Waals surface area contributed by atoms with Crippen LogP contribution in [0.15, 0.2) is 70.9 Å². The van der Waals surface area contributed by atoms with Gasteiger partial charge in [-0.3, -0.25) is 10.2 Å². The Bertz CT molecular complexity index is 1120. The molecule has 0 unspecified atom stereocenters. The van der Waals surface area contributed by atoms with Crippen molar-refractivity contribution >= 4 is 41.2 Å². The van der Waals surface area contributed by atoms with E-state index in [1.807, 2.05) is 0 Å². The zero-order chi connectivity index (χ0) is 20.5. The Kier molecular flexibility index (Phi) is 4.74. The summed E-state index contributed by atoms with van der Waals surface area (Å²) in [5.74, 6) is 0.0713. The summed E-state index contributed by atoms with van der Waals surface area (Å²) in [4.78, 5) is 33.7. The molecule has 0 fully saturated rings. The summed E-state index contributed by atoms with van der Waals surface area (Å²) in [5.41, 5.74) is 1.12. The molecule has 0 aromatic heterocycles. The Balaban J connectivity index is 1.50. The van der Waals surface area contributed by atoms with E-state index in [0.717, 1.165) is 0 Å². The van der Waals surface area contributed by atoms with Gasteiger partial charge in [0.15, 0.2) is 11.7 Å². The van der Waals surface area contributed by atoms with Gasteiger partial charge in [0.05, 0.1) is 11.1 Å². The van der Waals surface area contributed by atoms with E-state index in [9.17, 15) is 9.59 Å². The summed E-state index contributed by atoms with van der Waals surface area (Å²) in [6, 6.07) is 12.9. The molecule has 144 valence electrons. The van der Waals surface area contributed by atoms with E-state index >= 15 is 0 Å². The van der Waals surface area contributed by atoms with Crippen LogP contribution in [-0.2, 0) is 9.63 Å². The van der Waals surface area contributed by atoms with Gasteiger partial charge in [0.25, 0.3) is 5.91 Å². The molecule has 1 N–H and O–H groups in total. The third-order valence-corrected chi connectivity index (χ3v) is 4.41. The first-order chi connectivity index (χ1) is 13.9. The summed E-state index contributed by atoms with van der Waals surface area (Å²) in [6.07, 6.45) is 3.12. The van der Waals surface area contributed by atoms with Gasteiger partial charge in [-0.2, -0.15) is 4.99 Å². The van der Waals surface area contributed by atoms with Gasteiger partial charge in [-0.15, -0.1) is 5.06 Å². The Morgan fingerprint density at radius 1 is 1.17 bits per heavy atom. The molecule has 0 atom stereocenters. The smallest absolute Gasteiger partial charge is 0.343 e. The van der Waals surface area contributed by atoms with Gasteiger partial charge in [0.1, 0.15) is 11.5 Å². The number of carbonyl (C=O) groups is 2. The number of carbonyl (C=O) groups excluding carboxylic acids is 2. The summed E-state index contributed by atoms with van der Waals surface area (Å²) < 4.78 is 5.33. The molecule has 2 aromatic rings. The van der Waals surface area contributed by atoms with Crippen molar-refractivity contribution in [3.8, 4) is 5.75 Å². The minimum Gasteiger partial charge on any atom is -0.423 e. The number of ether oxygens (including phenoxy) is 1.